The van der Waals surface area contributed by atoms with Crippen LogP contribution in [0.25, 0.3) is 5.69 Å². The molecule has 3 rings (SSSR count). The molecule has 0 amide bonds. The molecular formula is C13H13F3N4. The van der Waals surface area contributed by atoms with E-state index in [0.717, 1.165) is 18.0 Å². The van der Waals surface area contributed by atoms with Crippen LogP contribution in [0, 0.1) is 0 Å². The molecule has 1 aliphatic rings. The molecule has 0 aromatic carbocycles. The van der Waals surface area contributed by atoms with Gasteiger partial charge < -0.3 is 5.32 Å². The predicted octanol–water partition coefficient (Wildman–Crippen LogP) is 2.54. The summed E-state index contributed by atoms with van der Waals surface area (Å²) in [6.45, 7) is 0.666. The third-order valence-corrected chi connectivity index (χ3v) is 3.13. The van der Waals surface area contributed by atoms with Crippen LogP contribution in [0.1, 0.15) is 24.0 Å². The standard InChI is InChI=1S/C13H13F3N4/c14-13(15,16)10-6-19-20(8-10)12-3-9(4-17-7-12)5-18-11-1-2-11/h3-4,6-8,11,18H,1-2,5H2. The lowest BCUT2D eigenvalue weighted by atomic mass is 10.2. The minimum atomic E-state index is -4.38. The molecule has 0 spiro atoms. The lowest BCUT2D eigenvalue weighted by Crippen LogP contribution is -2.15. The number of nitrogens with zero attached hydrogens (tertiary/aromatic N) is 3. The van der Waals surface area contributed by atoms with Crippen LogP contribution < -0.4 is 5.32 Å². The van der Waals surface area contributed by atoms with E-state index in [2.05, 4.69) is 15.4 Å². The van der Waals surface area contributed by atoms with Gasteiger partial charge in [0, 0.05) is 25.0 Å². The Hall–Kier alpha value is -1.89. The van der Waals surface area contributed by atoms with Crippen molar-refractivity contribution in [2.45, 2.75) is 31.6 Å². The first kappa shape index (κ1) is 13.1. The van der Waals surface area contributed by atoms with Crippen LogP contribution in [0.4, 0.5) is 13.2 Å². The monoisotopic (exact) mass is 282 g/mol. The van der Waals surface area contributed by atoms with Gasteiger partial charge in [0.15, 0.2) is 0 Å². The Morgan fingerprint density at radius 2 is 2.05 bits per heavy atom. The molecule has 0 radical (unpaired) electrons. The second-order valence-corrected chi connectivity index (χ2v) is 4.88. The fourth-order valence-electron chi connectivity index (χ4n) is 1.86. The van der Waals surface area contributed by atoms with Gasteiger partial charge in [-0.3, -0.25) is 4.98 Å². The van der Waals surface area contributed by atoms with E-state index in [4.69, 9.17) is 0 Å². The normalized spacial score (nSPS) is 15.6. The Kier molecular flexibility index (Phi) is 3.21. The van der Waals surface area contributed by atoms with E-state index in [9.17, 15) is 13.2 Å². The van der Waals surface area contributed by atoms with E-state index >= 15 is 0 Å². The molecule has 2 aromatic rings. The van der Waals surface area contributed by atoms with E-state index in [0.29, 0.717) is 18.3 Å². The maximum Gasteiger partial charge on any atom is 0.419 e. The molecule has 7 heteroatoms. The number of rotatable bonds is 4. The number of hydrogen-bond acceptors (Lipinski definition) is 3. The van der Waals surface area contributed by atoms with Gasteiger partial charge >= 0.3 is 6.18 Å². The van der Waals surface area contributed by atoms with E-state index in [1.165, 1.54) is 23.7 Å². The fraction of sp³-hybridized carbons (Fsp3) is 0.385. The highest BCUT2D eigenvalue weighted by atomic mass is 19.4. The minimum absolute atomic E-state index is 0.524. The highest BCUT2D eigenvalue weighted by Crippen LogP contribution is 2.29. The van der Waals surface area contributed by atoms with Gasteiger partial charge in [0.1, 0.15) is 0 Å². The second-order valence-electron chi connectivity index (χ2n) is 4.88. The Balaban J connectivity index is 1.78. The lowest BCUT2D eigenvalue weighted by molar-refractivity contribution is -0.137. The van der Waals surface area contributed by atoms with Crippen molar-refractivity contribution >= 4 is 0 Å². The smallest absolute Gasteiger partial charge is 0.310 e. The molecule has 4 nitrogen and oxygen atoms in total. The summed E-state index contributed by atoms with van der Waals surface area (Å²) in [7, 11) is 0. The van der Waals surface area contributed by atoms with Gasteiger partial charge in [0.05, 0.1) is 23.6 Å². The van der Waals surface area contributed by atoms with Crippen molar-refractivity contribution in [3.05, 3.63) is 42.0 Å². The summed E-state index contributed by atoms with van der Waals surface area (Å²) in [6, 6.07) is 2.36. The average Bonchev–Trinajstić information content (AvgIpc) is 3.09. The number of aromatic nitrogens is 3. The van der Waals surface area contributed by atoms with Gasteiger partial charge in [-0.25, -0.2) is 4.68 Å². The zero-order valence-electron chi connectivity index (χ0n) is 10.6. The van der Waals surface area contributed by atoms with Crippen molar-refractivity contribution in [3.8, 4) is 5.69 Å². The van der Waals surface area contributed by atoms with E-state index in [-0.39, 0.29) is 0 Å². The molecule has 20 heavy (non-hydrogen) atoms. The van der Waals surface area contributed by atoms with Gasteiger partial charge in [-0.15, -0.1) is 0 Å². The zero-order valence-corrected chi connectivity index (χ0v) is 10.6. The van der Waals surface area contributed by atoms with Gasteiger partial charge in [0.25, 0.3) is 0 Å². The summed E-state index contributed by atoms with van der Waals surface area (Å²) in [5, 5.41) is 7.07. The average molecular weight is 282 g/mol. The number of halogens is 3. The van der Waals surface area contributed by atoms with Crippen LogP contribution in [0.15, 0.2) is 30.9 Å². The molecular weight excluding hydrogens is 269 g/mol. The van der Waals surface area contributed by atoms with E-state index in [1.54, 1.807) is 12.3 Å². The summed E-state index contributed by atoms with van der Waals surface area (Å²) in [5.41, 5.74) is 0.688. The first-order valence-corrected chi connectivity index (χ1v) is 6.32. The largest absolute Gasteiger partial charge is 0.419 e. The zero-order chi connectivity index (χ0) is 14.2. The fourth-order valence-corrected chi connectivity index (χ4v) is 1.86. The molecule has 0 saturated heterocycles. The molecule has 106 valence electrons. The predicted molar refractivity (Wildman–Crippen MR) is 66.2 cm³/mol. The lowest BCUT2D eigenvalue weighted by Gasteiger charge is -2.06. The molecule has 2 heterocycles. The Labute approximate surface area is 113 Å². The second kappa shape index (κ2) is 4.90. The minimum Gasteiger partial charge on any atom is -0.310 e. The Morgan fingerprint density at radius 1 is 1.25 bits per heavy atom. The molecule has 2 aromatic heterocycles. The van der Waals surface area contributed by atoms with Crippen LogP contribution in [0.3, 0.4) is 0 Å². The first-order valence-electron chi connectivity index (χ1n) is 6.32. The quantitative estimate of drug-likeness (QED) is 0.937. The number of pyridine rings is 1. The van der Waals surface area contributed by atoms with Gasteiger partial charge in [-0.1, -0.05) is 0 Å². The number of alkyl halides is 3. The third kappa shape index (κ3) is 2.98. The molecule has 0 bridgehead atoms. The molecule has 0 unspecified atom stereocenters. The first-order chi connectivity index (χ1) is 9.52. The Bertz CT molecular complexity index is 602. The van der Waals surface area contributed by atoms with Crippen LogP contribution in [0.5, 0.6) is 0 Å². The van der Waals surface area contributed by atoms with Crippen molar-refractivity contribution < 1.29 is 13.2 Å². The van der Waals surface area contributed by atoms with Gasteiger partial charge in [0.2, 0.25) is 0 Å². The van der Waals surface area contributed by atoms with Crippen molar-refractivity contribution in [3.63, 3.8) is 0 Å². The third-order valence-electron chi connectivity index (χ3n) is 3.13. The van der Waals surface area contributed by atoms with Crippen LogP contribution >= 0.6 is 0 Å². The van der Waals surface area contributed by atoms with Gasteiger partial charge in [-0.05, 0) is 24.5 Å². The van der Waals surface area contributed by atoms with Crippen molar-refractivity contribution in [1.29, 1.82) is 0 Å². The molecule has 1 aliphatic carbocycles. The molecule has 1 fully saturated rings. The summed E-state index contributed by atoms with van der Waals surface area (Å²) in [5.74, 6) is 0. The summed E-state index contributed by atoms with van der Waals surface area (Å²) in [4.78, 5) is 4.05. The van der Waals surface area contributed by atoms with E-state index < -0.39 is 11.7 Å². The molecule has 1 N–H and O–H groups in total. The number of hydrogen-bond donors (Lipinski definition) is 1. The summed E-state index contributed by atoms with van der Waals surface area (Å²) in [6.07, 6.45) is 2.96. The van der Waals surface area contributed by atoms with Crippen molar-refractivity contribution in [2.75, 3.05) is 0 Å². The van der Waals surface area contributed by atoms with Crippen molar-refractivity contribution in [2.24, 2.45) is 0 Å². The maximum atomic E-state index is 12.5. The van der Waals surface area contributed by atoms with Crippen molar-refractivity contribution in [1.82, 2.24) is 20.1 Å². The molecule has 0 aliphatic heterocycles. The van der Waals surface area contributed by atoms with Gasteiger partial charge in [-0.2, -0.15) is 18.3 Å². The molecule has 0 atom stereocenters. The molecule has 1 saturated carbocycles. The van der Waals surface area contributed by atoms with Crippen LogP contribution in [-0.4, -0.2) is 20.8 Å². The summed E-state index contributed by atoms with van der Waals surface area (Å²) >= 11 is 0. The summed E-state index contributed by atoms with van der Waals surface area (Å²) < 4.78 is 38.8. The van der Waals surface area contributed by atoms with Crippen LogP contribution in [-0.2, 0) is 12.7 Å². The topological polar surface area (TPSA) is 42.7 Å². The number of nitrogens with one attached hydrogen (secondary N) is 1. The van der Waals surface area contributed by atoms with E-state index in [1.807, 2.05) is 0 Å². The highest BCUT2D eigenvalue weighted by molar-refractivity contribution is 5.32. The Morgan fingerprint density at radius 3 is 2.70 bits per heavy atom. The highest BCUT2D eigenvalue weighted by Gasteiger charge is 2.32. The van der Waals surface area contributed by atoms with Crippen LogP contribution in [0.2, 0.25) is 0 Å². The SMILES string of the molecule is FC(F)(F)c1cnn(-c2cncc(CNC3CC3)c2)c1. The maximum absolute atomic E-state index is 12.5.